The van der Waals surface area contributed by atoms with Gasteiger partial charge in [0.25, 0.3) is 0 Å². The lowest BCUT2D eigenvalue weighted by Crippen LogP contribution is -2.48. The van der Waals surface area contributed by atoms with E-state index in [2.05, 4.69) is 57.2 Å². The van der Waals surface area contributed by atoms with Crippen LogP contribution in [-0.4, -0.2) is 67.1 Å². The van der Waals surface area contributed by atoms with Crippen molar-refractivity contribution in [1.29, 1.82) is 0 Å². The fourth-order valence-electron chi connectivity index (χ4n) is 5.26. The monoisotopic (exact) mass is 538 g/mol. The Labute approximate surface area is 233 Å². The minimum Gasteiger partial charge on any atom is -0.468 e. The summed E-state index contributed by atoms with van der Waals surface area (Å²) < 4.78 is 10.5. The number of methoxy groups -OCH3 is 1. The van der Waals surface area contributed by atoms with Gasteiger partial charge < -0.3 is 25.4 Å². The van der Waals surface area contributed by atoms with E-state index in [4.69, 9.17) is 10.5 Å². The number of esters is 1. The Kier molecular flexibility index (Phi) is 11.2. The van der Waals surface area contributed by atoms with Crippen LogP contribution < -0.4 is 11.1 Å². The van der Waals surface area contributed by atoms with E-state index in [1.54, 1.807) is 6.21 Å². The van der Waals surface area contributed by atoms with E-state index in [0.29, 0.717) is 18.5 Å². The van der Waals surface area contributed by atoms with Gasteiger partial charge in [0.05, 0.1) is 7.11 Å². The number of carbonyl (C=O) groups excluding carboxylic acids is 2. The largest absolute Gasteiger partial charge is 0.468 e. The van der Waals surface area contributed by atoms with Gasteiger partial charge in [-0.15, -0.1) is 0 Å². The Morgan fingerprint density at radius 2 is 1.85 bits per heavy atom. The lowest BCUT2D eigenvalue weighted by molar-refractivity contribution is -0.138. The summed E-state index contributed by atoms with van der Waals surface area (Å²) in [6.07, 6.45) is 10.9. The molecule has 0 heterocycles. The lowest BCUT2D eigenvalue weighted by atomic mass is 9.89. The molecular weight excluding hydrogens is 492 g/mol. The number of aliphatic imine (C=N–C) groups is 1. The molecule has 1 amide bonds. The normalized spacial score (nSPS) is 23.9. The fourth-order valence-corrected chi connectivity index (χ4v) is 5.26. The van der Waals surface area contributed by atoms with E-state index >= 15 is 0 Å². The SMILES string of the molecule is CC/C(=C\c1ccccc1)[C@@H]1C[C@H]1N(C(=O)OC(C)(C)C)C1CCC(NCC(C=NCC(=O)OC)=CN)CC1. The molecule has 3 rings (SSSR count). The molecule has 2 aliphatic carbocycles. The Morgan fingerprint density at radius 3 is 2.44 bits per heavy atom. The third kappa shape index (κ3) is 9.53. The van der Waals surface area contributed by atoms with E-state index in [0.717, 1.165) is 44.1 Å². The standard InChI is InChI=1S/C31H46N4O4/c1-6-24(16-22-10-8-7-9-11-22)27-17-28(27)35(30(37)39-31(2,3)4)26-14-12-25(13-15-26)34-20-23(18-32)19-33-21-29(36)38-5/h7-11,16,18-19,25-28,34H,6,12-15,17,20-21,32H2,1-5H3/b23-18?,24-16+,33-19?/t25?,26?,27-,28+/m0/s1. The van der Waals surface area contributed by atoms with Crippen LogP contribution in [0.4, 0.5) is 4.79 Å². The molecule has 2 fully saturated rings. The molecular formula is C31H46N4O4. The summed E-state index contributed by atoms with van der Waals surface area (Å²) in [5.41, 5.74) is 8.63. The van der Waals surface area contributed by atoms with Gasteiger partial charge in [0.1, 0.15) is 12.1 Å². The van der Waals surface area contributed by atoms with Crippen LogP contribution in [0.2, 0.25) is 0 Å². The molecule has 39 heavy (non-hydrogen) atoms. The molecule has 8 heteroatoms. The van der Waals surface area contributed by atoms with Crippen molar-refractivity contribution in [1.82, 2.24) is 10.2 Å². The van der Waals surface area contributed by atoms with E-state index in [-0.39, 0.29) is 30.7 Å². The average molecular weight is 539 g/mol. The van der Waals surface area contributed by atoms with Crippen molar-refractivity contribution in [3.8, 4) is 0 Å². The maximum atomic E-state index is 13.5. The van der Waals surface area contributed by atoms with Crippen LogP contribution in [0, 0.1) is 5.92 Å². The smallest absolute Gasteiger partial charge is 0.410 e. The molecule has 214 valence electrons. The van der Waals surface area contributed by atoms with Crippen molar-refractivity contribution >= 4 is 24.4 Å². The first kappa shape index (κ1) is 30.4. The summed E-state index contributed by atoms with van der Waals surface area (Å²) in [4.78, 5) is 30.9. The summed E-state index contributed by atoms with van der Waals surface area (Å²) in [6, 6.07) is 11.1. The number of ether oxygens (including phenoxy) is 2. The zero-order valence-electron chi connectivity index (χ0n) is 24.2. The molecule has 1 aromatic carbocycles. The Balaban J connectivity index is 1.61. The third-order valence-electron chi connectivity index (χ3n) is 7.36. The van der Waals surface area contributed by atoms with Gasteiger partial charge in [0, 0.05) is 36.8 Å². The van der Waals surface area contributed by atoms with Gasteiger partial charge in [0.2, 0.25) is 0 Å². The second kappa shape index (κ2) is 14.3. The molecule has 0 bridgehead atoms. The number of rotatable bonds is 11. The minimum absolute atomic E-state index is 0.0259. The van der Waals surface area contributed by atoms with Crippen LogP contribution in [0.3, 0.4) is 0 Å². The highest BCUT2D eigenvalue weighted by Crippen LogP contribution is 2.46. The van der Waals surface area contributed by atoms with Crippen LogP contribution in [0.25, 0.3) is 6.08 Å². The van der Waals surface area contributed by atoms with Gasteiger partial charge in [-0.3, -0.25) is 9.79 Å². The Hall–Kier alpha value is -3.13. The summed E-state index contributed by atoms with van der Waals surface area (Å²) in [6.45, 7) is 8.53. The highest BCUT2D eigenvalue weighted by Gasteiger charge is 2.49. The molecule has 8 nitrogen and oxygen atoms in total. The molecule has 2 saturated carbocycles. The predicted molar refractivity (Wildman–Crippen MR) is 156 cm³/mol. The van der Waals surface area contributed by atoms with Gasteiger partial charge in [-0.05, 0) is 76.6 Å². The average Bonchev–Trinajstić information content (AvgIpc) is 3.69. The Bertz CT molecular complexity index is 1040. The molecule has 0 saturated heterocycles. The second-order valence-corrected chi connectivity index (χ2v) is 11.5. The number of nitrogens with two attached hydrogens (primary N) is 1. The fraction of sp³-hybridized carbons (Fsp3) is 0.581. The number of hydrogen-bond acceptors (Lipinski definition) is 7. The van der Waals surface area contributed by atoms with Gasteiger partial charge in [-0.25, -0.2) is 4.79 Å². The number of hydrogen-bond donors (Lipinski definition) is 2. The summed E-state index contributed by atoms with van der Waals surface area (Å²) >= 11 is 0. The van der Waals surface area contributed by atoms with Gasteiger partial charge >= 0.3 is 12.1 Å². The highest BCUT2D eigenvalue weighted by molar-refractivity contribution is 5.81. The molecule has 0 radical (unpaired) electrons. The number of nitrogens with one attached hydrogen (secondary N) is 1. The summed E-state index contributed by atoms with van der Waals surface area (Å²) in [7, 11) is 1.34. The maximum Gasteiger partial charge on any atom is 0.410 e. The van der Waals surface area contributed by atoms with Crippen LogP contribution in [0.1, 0.15) is 71.8 Å². The second-order valence-electron chi connectivity index (χ2n) is 11.5. The summed E-state index contributed by atoms with van der Waals surface area (Å²) in [5, 5.41) is 3.56. The number of nitrogens with zero attached hydrogens (tertiary/aromatic N) is 2. The van der Waals surface area contributed by atoms with E-state index in [9.17, 15) is 9.59 Å². The molecule has 0 unspecified atom stereocenters. The molecule has 2 atom stereocenters. The summed E-state index contributed by atoms with van der Waals surface area (Å²) in [5.74, 6) is -0.0111. The molecule has 3 N–H and O–H groups in total. The number of benzene rings is 1. The van der Waals surface area contributed by atoms with Gasteiger partial charge in [0.15, 0.2) is 0 Å². The van der Waals surface area contributed by atoms with Crippen molar-refractivity contribution in [3.63, 3.8) is 0 Å². The first-order valence-electron chi connectivity index (χ1n) is 14.1. The van der Waals surface area contributed by atoms with Crippen molar-refractivity contribution < 1.29 is 19.1 Å². The maximum absolute atomic E-state index is 13.5. The van der Waals surface area contributed by atoms with Crippen molar-refractivity contribution in [2.24, 2.45) is 16.6 Å². The predicted octanol–water partition coefficient (Wildman–Crippen LogP) is 5.09. The van der Waals surface area contributed by atoms with Crippen LogP contribution in [0.5, 0.6) is 0 Å². The first-order valence-corrected chi connectivity index (χ1v) is 14.1. The topological polar surface area (TPSA) is 106 Å². The van der Waals surface area contributed by atoms with E-state index < -0.39 is 5.60 Å². The van der Waals surface area contributed by atoms with Crippen LogP contribution in [-0.2, 0) is 14.3 Å². The van der Waals surface area contributed by atoms with Crippen molar-refractivity contribution in [3.05, 3.63) is 53.2 Å². The molecule has 0 spiro atoms. The van der Waals surface area contributed by atoms with Crippen LogP contribution in [0.15, 0.2) is 52.7 Å². The van der Waals surface area contributed by atoms with E-state index in [1.165, 1.54) is 24.4 Å². The molecule has 0 aromatic heterocycles. The molecule has 1 aromatic rings. The van der Waals surface area contributed by atoms with Crippen LogP contribution >= 0.6 is 0 Å². The quantitative estimate of drug-likeness (QED) is 0.300. The highest BCUT2D eigenvalue weighted by atomic mass is 16.6. The van der Waals surface area contributed by atoms with Crippen molar-refractivity contribution in [2.45, 2.75) is 89.9 Å². The van der Waals surface area contributed by atoms with E-state index in [1.807, 2.05) is 26.8 Å². The number of carbonyl (C=O) groups is 2. The van der Waals surface area contributed by atoms with Crippen molar-refractivity contribution in [2.75, 3.05) is 20.2 Å². The number of amides is 1. The zero-order chi connectivity index (χ0) is 28.4. The Morgan fingerprint density at radius 1 is 1.15 bits per heavy atom. The molecule has 2 aliphatic rings. The van der Waals surface area contributed by atoms with Gasteiger partial charge in [-0.1, -0.05) is 48.9 Å². The van der Waals surface area contributed by atoms with Gasteiger partial charge in [-0.2, -0.15) is 0 Å². The third-order valence-corrected chi connectivity index (χ3v) is 7.36. The zero-order valence-corrected chi connectivity index (χ0v) is 24.2. The first-order chi connectivity index (χ1) is 18.6. The lowest BCUT2D eigenvalue weighted by Gasteiger charge is -2.38. The molecule has 0 aliphatic heterocycles. The minimum atomic E-state index is -0.535.